The van der Waals surface area contributed by atoms with Crippen molar-refractivity contribution in [1.29, 1.82) is 0 Å². The number of carbonyl (C=O) groups excluding carboxylic acids is 1. The van der Waals surface area contributed by atoms with Gasteiger partial charge in [0.15, 0.2) is 0 Å². The minimum atomic E-state index is -0.597. The molecule has 0 atom stereocenters. The van der Waals surface area contributed by atoms with Gasteiger partial charge in [-0.3, -0.25) is 0 Å². The molecule has 0 fully saturated rings. The van der Waals surface area contributed by atoms with Gasteiger partial charge >= 0.3 is 5.97 Å². The molecular weight excluding hydrogens is 368 g/mol. The van der Waals surface area contributed by atoms with Gasteiger partial charge in [0.25, 0.3) is 11.7 Å². The quantitative estimate of drug-likeness (QED) is 0.769. The molecule has 0 radical (unpaired) electrons. The first kappa shape index (κ1) is 13.2. The number of esters is 1. The van der Waals surface area contributed by atoms with Gasteiger partial charge in [-0.1, -0.05) is 15.9 Å². The Bertz CT molecular complexity index is 583. The van der Waals surface area contributed by atoms with Crippen LogP contribution in [0.4, 0.5) is 0 Å². The highest BCUT2D eigenvalue weighted by Crippen LogP contribution is 2.29. The fraction of sp³-hybridized carbons (Fsp3) is 0.182. The van der Waals surface area contributed by atoms with E-state index in [1.54, 1.807) is 13.0 Å². The molecule has 0 N–H and O–H groups in total. The lowest BCUT2D eigenvalue weighted by atomic mass is 10.2. The Balaban J connectivity index is 2.32. The third-order valence-corrected chi connectivity index (χ3v) is 3.19. The molecule has 94 valence electrons. The summed E-state index contributed by atoms with van der Waals surface area (Å²) in [5.74, 6) is -0.417. The van der Waals surface area contributed by atoms with Gasteiger partial charge in [-0.15, -0.1) is 0 Å². The molecule has 0 saturated heterocycles. The number of carbonyl (C=O) groups is 1. The van der Waals surface area contributed by atoms with Gasteiger partial charge in [-0.2, -0.15) is 4.98 Å². The van der Waals surface area contributed by atoms with Gasteiger partial charge in [-0.05, 0) is 46.2 Å². The molecule has 0 aliphatic carbocycles. The SMILES string of the molecule is CCOC(=O)c1noc(-c2ccc(Br)cc2Br)n1. The molecule has 18 heavy (non-hydrogen) atoms. The monoisotopic (exact) mass is 374 g/mol. The molecule has 0 bridgehead atoms. The molecule has 0 unspecified atom stereocenters. The highest BCUT2D eigenvalue weighted by Gasteiger charge is 2.18. The number of aromatic nitrogens is 2. The van der Waals surface area contributed by atoms with E-state index >= 15 is 0 Å². The summed E-state index contributed by atoms with van der Waals surface area (Å²) in [6.07, 6.45) is 0. The molecule has 0 amide bonds. The number of hydrogen-bond acceptors (Lipinski definition) is 5. The summed E-state index contributed by atoms with van der Waals surface area (Å²) in [5.41, 5.74) is 0.709. The number of ether oxygens (including phenoxy) is 1. The molecule has 1 heterocycles. The van der Waals surface area contributed by atoms with Gasteiger partial charge in [-0.25, -0.2) is 4.79 Å². The largest absolute Gasteiger partial charge is 0.460 e. The first-order chi connectivity index (χ1) is 8.61. The lowest BCUT2D eigenvalue weighted by Gasteiger charge is -1.98. The van der Waals surface area contributed by atoms with Crippen molar-refractivity contribution in [2.45, 2.75) is 6.92 Å². The van der Waals surface area contributed by atoms with Crippen molar-refractivity contribution in [3.8, 4) is 11.5 Å². The van der Waals surface area contributed by atoms with E-state index in [-0.39, 0.29) is 18.3 Å². The summed E-state index contributed by atoms with van der Waals surface area (Å²) in [7, 11) is 0. The zero-order valence-corrected chi connectivity index (χ0v) is 12.5. The van der Waals surface area contributed by atoms with E-state index in [4.69, 9.17) is 9.26 Å². The van der Waals surface area contributed by atoms with Crippen molar-refractivity contribution in [2.75, 3.05) is 6.61 Å². The van der Waals surface area contributed by atoms with E-state index < -0.39 is 5.97 Å². The predicted molar refractivity (Wildman–Crippen MR) is 71.1 cm³/mol. The molecule has 2 aromatic rings. The van der Waals surface area contributed by atoms with E-state index in [1.165, 1.54) is 0 Å². The van der Waals surface area contributed by atoms with Crippen LogP contribution in [0, 0.1) is 0 Å². The van der Waals surface area contributed by atoms with Crippen LogP contribution >= 0.6 is 31.9 Å². The molecular formula is C11H8Br2N2O3. The van der Waals surface area contributed by atoms with Crippen molar-refractivity contribution >= 4 is 37.8 Å². The maximum Gasteiger partial charge on any atom is 0.379 e. The first-order valence-electron chi connectivity index (χ1n) is 5.08. The van der Waals surface area contributed by atoms with Crippen LogP contribution in [0.15, 0.2) is 31.7 Å². The van der Waals surface area contributed by atoms with E-state index in [2.05, 4.69) is 42.0 Å². The average molecular weight is 376 g/mol. The number of rotatable bonds is 3. The van der Waals surface area contributed by atoms with Crippen LogP contribution in [0.2, 0.25) is 0 Å². The number of hydrogen-bond donors (Lipinski definition) is 0. The third-order valence-electron chi connectivity index (χ3n) is 2.05. The van der Waals surface area contributed by atoms with E-state index in [0.29, 0.717) is 5.56 Å². The van der Waals surface area contributed by atoms with Gasteiger partial charge in [0, 0.05) is 8.95 Å². The second kappa shape index (κ2) is 5.62. The Hall–Kier alpha value is -1.21. The highest BCUT2D eigenvalue weighted by molar-refractivity contribution is 9.11. The second-order valence-electron chi connectivity index (χ2n) is 3.27. The van der Waals surface area contributed by atoms with Gasteiger partial charge in [0.05, 0.1) is 12.2 Å². The summed E-state index contributed by atoms with van der Waals surface area (Å²) < 4.78 is 11.5. The maximum atomic E-state index is 11.4. The summed E-state index contributed by atoms with van der Waals surface area (Å²) in [5, 5.41) is 3.58. The molecule has 7 heteroatoms. The molecule has 5 nitrogen and oxygen atoms in total. The Morgan fingerprint density at radius 3 is 2.89 bits per heavy atom. The lowest BCUT2D eigenvalue weighted by molar-refractivity contribution is 0.0508. The number of benzene rings is 1. The lowest BCUT2D eigenvalue weighted by Crippen LogP contribution is -2.06. The van der Waals surface area contributed by atoms with Crippen molar-refractivity contribution in [2.24, 2.45) is 0 Å². The summed E-state index contributed by atoms with van der Waals surface area (Å²) in [4.78, 5) is 15.4. The van der Waals surface area contributed by atoms with Gasteiger partial charge < -0.3 is 9.26 Å². The van der Waals surface area contributed by atoms with Crippen LogP contribution < -0.4 is 0 Å². The molecule has 0 spiro atoms. The molecule has 0 aliphatic heterocycles. The normalized spacial score (nSPS) is 10.4. The van der Waals surface area contributed by atoms with Crippen molar-refractivity contribution in [1.82, 2.24) is 10.1 Å². The van der Waals surface area contributed by atoms with Crippen molar-refractivity contribution in [3.05, 3.63) is 33.0 Å². The van der Waals surface area contributed by atoms with E-state index in [9.17, 15) is 4.79 Å². The van der Waals surface area contributed by atoms with Gasteiger partial charge in [0.1, 0.15) is 0 Å². The summed E-state index contributed by atoms with van der Waals surface area (Å²) in [6, 6.07) is 5.49. The van der Waals surface area contributed by atoms with Crippen molar-refractivity contribution < 1.29 is 14.1 Å². The summed E-state index contributed by atoms with van der Waals surface area (Å²) >= 11 is 6.73. The second-order valence-corrected chi connectivity index (χ2v) is 5.04. The molecule has 0 aliphatic rings. The molecule has 1 aromatic carbocycles. The first-order valence-corrected chi connectivity index (χ1v) is 6.66. The van der Waals surface area contributed by atoms with Crippen LogP contribution in [-0.2, 0) is 4.74 Å². The van der Waals surface area contributed by atoms with Gasteiger partial charge in [0.2, 0.25) is 0 Å². The zero-order valence-electron chi connectivity index (χ0n) is 9.31. The maximum absolute atomic E-state index is 11.4. The molecule has 1 aromatic heterocycles. The topological polar surface area (TPSA) is 65.2 Å². The predicted octanol–water partition coefficient (Wildman–Crippen LogP) is 3.44. The smallest absolute Gasteiger partial charge is 0.379 e. The molecule has 2 rings (SSSR count). The zero-order chi connectivity index (χ0) is 13.1. The van der Waals surface area contributed by atoms with Crippen LogP contribution in [0.5, 0.6) is 0 Å². The minimum absolute atomic E-state index is 0.0818. The average Bonchev–Trinajstić information content (AvgIpc) is 2.78. The Kier molecular flexibility index (Phi) is 4.13. The number of nitrogens with zero attached hydrogens (tertiary/aromatic N) is 2. The fourth-order valence-corrected chi connectivity index (χ4v) is 2.49. The van der Waals surface area contributed by atoms with E-state index in [1.807, 2.05) is 12.1 Å². The highest BCUT2D eigenvalue weighted by atomic mass is 79.9. The standard InChI is InChI=1S/C11H8Br2N2O3/c1-2-17-11(16)9-14-10(18-15-9)7-4-3-6(12)5-8(7)13/h3-5H,2H2,1H3. The fourth-order valence-electron chi connectivity index (χ4n) is 1.27. The number of halogens is 2. The van der Waals surface area contributed by atoms with Crippen LogP contribution in [0.3, 0.4) is 0 Å². The minimum Gasteiger partial charge on any atom is -0.460 e. The Morgan fingerprint density at radius 2 is 2.22 bits per heavy atom. The van der Waals surface area contributed by atoms with Crippen LogP contribution in [0.25, 0.3) is 11.5 Å². The Labute approximate surface area is 120 Å². The Morgan fingerprint density at radius 1 is 1.44 bits per heavy atom. The van der Waals surface area contributed by atoms with Crippen LogP contribution in [-0.4, -0.2) is 22.7 Å². The molecule has 0 saturated carbocycles. The van der Waals surface area contributed by atoms with E-state index in [0.717, 1.165) is 8.95 Å². The van der Waals surface area contributed by atoms with Crippen molar-refractivity contribution in [3.63, 3.8) is 0 Å². The van der Waals surface area contributed by atoms with Crippen LogP contribution in [0.1, 0.15) is 17.5 Å². The third kappa shape index (κ3) is 2.78. The summed E-state index contributed by atoms with van der Waals surface area (Å²) in [6.45, 7) is 1.98.